The zero-order valence-corrected chi connectivity index (χ0v) is 15.7. The van der Waals surface area contributed by atoms with Crippen molar-refractivity contribution in [3.63, 3.8) is 0 Å². The van der Waals surface area contributed by atoms with Crippen LogP contribution in [-0.4, -0.2) is 49.8 Å². The summed E-state index contributed by atoms with van der Waals surface area (Å²) in [4.78, 5) is 22.9. The van der Waals surface area contributed by atoms with Gasteiger partial charge in [-0.3, -0.25) is 5.10 Å². The van der Waals surface area contributed by atoms with Crippen LogP contribution in [0.3, 0.4) is 0 Å². The van der Waals surface area contributed by atoms with E-state index in [-0.39, 0.29) is 6.09 Å². The third-order valence-corrected chi connectivity index (χ3v) is 4.08. The molecule has 2 aromatic rings. The first-order valence-corrected chi connectivity index (χ1v) is 8.87. The Hall–Kier alpha value is -2.64. The van der Waals surface area contributed by atoms with E-state index in [4.69, 9.17) is 4.74 Å². The molecule has 8 nitrogen and oxygen atoms in total. The van der Waals surface area contributed by atoms with Gasteiger partial charge < -0.3 is 15.0 Å². The van der Waals surface area contributed by atoms with E-state index in [1.54, 1.807) is 11.1 Å². The minimum absolute atomic E-state index is 0.245. The van der Waals surface area contributed by atoms with Crippen LogP contribution in [0.25, 0.3) is 0 Å². The molecule has 1 fully saturated rings. The van der Waals surface area contributed by atoms with Gasteiger partial charge in [0, 0.05) is 37.5 Å². The van der Waals surface area contributed by atoms with E-state index in [2.05, 4.69) is 25.5 Å². The van der Waals surface area contributed by atoms with Gasteiger partial charge in [0.05, 0.1) is 0 Å². The lowest BCUT2D eigenvalue weighted by molar-refractivity contribution is 0.0288. The molecule has 26 heavy (non-hydrogen) atoms. The van der Waals surface area contributed by atoms with Crippen molar-refractivity contribution < 1.29 is 9.53 Å². The fraction of sp³-hybridized carbons (Fsp3) is 0.556. The number of H-pyrrole nitrogens is 1. The molecule has 1 atom stereocenters. The van der Waals surface area contributed by atoms with Crippen molar-refractivity contribution in [3.8, 4) is 0 Å². The summed E-state index contributed by atoms with van der Waals surface area (Å²) in [5, 5.41) is 10.2. The second-order valence-corrected chi connectivity index (χ2v) is 7.70. The van der Waals surface area contributed by atoms with Gasteiger partial charge >= 0.3 is 6.09 Å². The van der Waals surface area contributed by atoms with E-state index < -0.39 is 5.60 Å². The van der Waals surface area contributed by atoms with Gasteiger partial charge in [-0.05, 0) is 46.1 Å². The van der Waals surface area contributed by atoms with Crippen LogP contribution in [0.1, 0.15) is 38.7 Å². The molecule has 0 radical (unpaired) electrons. The number of carbonyl (C=O) groups is 1. The molecule has 1 aliphatic rings. The van der Waals surface area contributed by atoms with Crippen LogP contribution < -0.4 is 5.32 Å². The molecule has 0 aliphatic carbocycles. The first-order chi connectivity index (χ1) is 12.3. The standard InChI is InChI=1S/C18H26N6O2/c1-12-9-16(23-22-12)21-14-5-7-19-15(20-14)10-13-6-8-24(11-13)17(25)26-18(2,3)4/h5,7,9,13H,6,8,10-11H2,1-4H3,(H2,19,20,21,22,23)/t13-/m1/s1. The van der Waals surface area contributed by atoms with E-state index in [1.165, 1.54) is 0 Å². The molecule has 0 bridgehead atoms. The van der Waals surface area contributed by atoms with E-state index in [1.807, 2.05) is 39.8 Å². The molecule has 0 aromatic carbocycles. The maximum atomic E-state index is 12.2. The average Bonchev–Trinajstić information content (AvgIpc) is 3.15. The first-order valence-electron chi connectivity index (χ1n) is 8.87. The quantitative estimate of drug-likeness (QED) is 0.872. The van der Waals surface area contributed by atoms with Crippen LogP contribution in [0.2, 0.25) is 0 Å². The number of nitrogens with zero attached hydrogens (tertiary/aromatic N) is 4. The molecule has 0 unspecified atom stereocenters. The smallest absolute Gasteiger partial charge is 0.410 e. The summed E-state index contributed by atoms with van der Waals surface area (Å²) in [5.41, 5.74) is 0.512. The number of nitrogens with one attached hydrogen (secondary N) is 2. The van der Waals surface area contributed by atoms with Crippen molar-refractivity contribution in [1.29, 1.82) is 0 Å². The predicted octanol–water partition coefficient (Wildman–Crippen LogP) is 3.05. The van der Waals surface area contributed by atoms with Crippen LogP contribution in [0, 0.1) is 12.8 Å². The van der Waals surface area contributed by atoms with E-state index in [0.717, 1.165) is 30.2 Å². The first kappa shape index (κ1) is 18.2. The largest absolute Gasteiger partial charge is 0.444 e. The molecule has 3 rings (SSSR count). The Morgan fingerprint density at radius 1 is 1.42 bits per heavy atom. The fourth-order valence-corrected chi connectivity index (χ4v) is 2.93. The van der Waals surface area contributed by atoms with Gasteiger partial charge in [-0.15, -0.1) is 0 Å². The fourth-order valence-electron chi connectivity index (χ4n) is 2.93. The topological polar surface area (TPSA) is 96.0 Å². The van der Waals surface area contributed by atoms with Crippen molar-refractivity contribution in [2.24, 2.45) is 5.92 Å². The highest BCUT2D eigenvalue weighted by molar-refractivity contribution is 5.68. The summed E-state index contributed by atoms with van der Waals surface area (Å²) < 4.78 is 5.44. The van der Waals surface area contributed by atoms with Crippen LogP contribution in [-0.2, 0) is 11.2 Å². The molecule has 1 amide bonds. The summed E-state index contributed by atoms with van der Waals surface area (Å²) in [5.74, 6) is 2.54. The van der Waals surface area contributed by atoms with Crippen LogP contribution in [0.5, 0.6) is 0 Å². The van der Waals surface area contributed by atoms with Crippen molar-refractivity contribution in [2.45, 2.75) is 46.1 Å². The third-order valence-electron chi connectivity index (χ3n) is 4.08. The number of hydrogen-bond acceptors (Lipinski definition) is 6. The van der Waals surface area contributed by atoms with Gasteiger partial charge in [-0.1, -0.05) is 0 Å². The van der Waals surface area contributed by atoms with Gasteiger partial charge in [-0.25, -0.2) is 14.8 Å². The van der Waals surface area contributed by atoms with E-state index in [0.29, 0.717) is 24.8 Å². The summed E-state index contributed by atoms with van der Waals surface area (Å²) in [6.45, 7) is 8.97. The second kappa shape index (κ2) is 7.31. The lowest BCUT2D eigenvalue weighted by Gasteiger charge is -2.24. The number of aromatic nitrogens is 4. The molecular weight excluding hydrogens is 332 g/mol. The van der Waals surface area contributed by atoms with Gasteiger partial charge in [0.1, 0.15) is 17.2 Å². The number of rotatable bonds is 4. The molecule has 3 heterocycles. The van der Waals surface area contributed by atoms with Crippen LogP contribution >= 0.6 is 0 Å². The lowest BCUT2D eigenvalue weighted by Crippen LogP contribution is -2.35. The number of aromatic amines is 1. The molecule has 1 saturated heterocycles. The predicted molar refractivity (Wildman–Crippen MR) is 98.3 cm³/mol. The average molecular weight is 358 g/mol. The summed E-state index contributed by atoms with van der Waals surface area (Å²) in [6.07, 6.45) is 3.16. The zero-order valence-electron chi connectivity index (χ0n) is 15.7. The summed E-state index contributed by atoms with van der Waals surface area (Å²) >= 11 is 0. The van der Waals surface area contributed by atoms with Crippen LogP contribution in [0.15, 0.2) is 18.3 Å². The highest BCUT2D eigenvalue weighted by Gasteiger charge is 2.30. The molecule has 2 aromatic heterocycles. The highest BCUT2D eigenvalue weighted by atomic mass is 16.6. The molecule has 140 valence electrons. The van der Waals surface area contributed by atoms with E-state index >= 15 is 0 Å². The summed E-state index contributed by atoms with van der Waals surface area (Å²) in [7, 11) is 0. The molecule has 8 heteroatoms. The molecular formula is C18H26N6O2. The number of likely N-dealkylation sites (tertiary alicyclic amines) is 1. The van der Waals surface area contributed by atoms with Crippen molar-refractivity contribution >= 4 is 17.7 Å². The number of aryl methyl sites for hydroxylation is 1. The van der Waals surface area contributed by atoms with Crippen molar-refractivity contribution in [1.82, 2.24) is 25.1 Å². The number of ether oxygens (including phenoxy) is 1. The van der Waals surface area contributed by atoms with Gasteiger partial charge in [0.2, 0.25) is 0 Å². The molecule has 0 spiro atoms. The number of hydrogen-bond donors (Lipinski definition) is 2. The maximum Gasteiger partial charge on any atom is 0.410 e. The molecule has 0 saturated carbocycles. The Bertz CT molecular complexity index is 767. The minimum Gasteiger partial charge on any atom is -0.444 e. The van der Waals surface area contributed by atoms with Gasteiger partial charge in [0.25, 0.3) is 0 Å². The number of carbonyl (C=O) groups excluding carboxylic acids is 1. The second-order valence-electron chi connectivity index (χ2n) is 7.70. The van der Waals surface area contributed by atoms with Gasteiger partial charge in [-0.2, -0.15) is 5.10 Å². The SMILES string of the molecule is Cc1cc(Nc2ccnc(C[C@H]3CCN(C(=O)OC(C)(C)C)C3)n2)n[nH]1. The normalized spacial score (nSPS) is 17.4. The Morgan fingerprint density at radius 3 is 2.92 bits per heavy atom. The van der Waals surface area contributed by atoms with Crippen molar-refractivity contribution in [3.05, 3.63) is 29.8 Å². The molecule has 1 aliphatic heterocycles. The number of anilines is 2. The Kier molecular flexibility index (Phi) is 5.11. The lowest BCUT2D eigenvalue weighted by atomic mass is 10.0. The summed E-state index contributed by atoms with van der Waals surface area (Å²) in [6, 6.07) is 3.73. The third kappa shape index (κ3) is 4.93. The van der Waals surface area contributed by atoms with E-state index in [9.17, 15) is 4.79 Å². The number of amides is 1. The molecule has 2 N–H and O–H groups in total. The Labute approximate surface area is 153 Å². The van der Waals surface area contributed by atoms with Crippen molar-refractivity contribution in [2.75, 3.05) is 18.4 Å². The highest BCUT2D eigenvalue weighted by Crippen LogP contribution is 2.22. The Morgan fingerprint density at radius 2 is 2.23 bits per heavy atom. The minimum atomic E-state index is -0.469. The van der Waals surface area contributed by atoms with Gasteiger partial charge in [0.15, 0.2) is 5.82 Å². The maximum absolute atomic E-state index is 12.2. The zero-order chi connectivity index (χ0) is 18.7. The Balaban J connectivity index is 1.56. The van der Waals surface area contributed by atoms with Crippen LogP contribution in [0.4, 0.5) is 16.4 Å². The monoisotopic (exact) mass is 358 g/mol.